The lowest BCUT2D eigenvalue weighted by Gasteiger charge is -2.28. The van der Waals surface area contributed by atoms with Crippen LogP contribution in [0.15, 0.2) is 23.1 Å². The van der Waals surface area contributed by atoms with E-state index in [1.165, 1.54) is 12.8 Å². The molecule has 22 heavy (non-hydrogen) atoms. The number of sulfonamides is 1. The first-order chi connectivity index (χ1) is 9.82. The number of halogens is 1. The molecule has 1 aromatic rings. The van der Waals surface area contributed by atoms with Gasteiger partial charge < -0.3 is 5.73 Å². The van der Waals surface area contributed by atoms with E-state index in [9.17, 15) is 8.42 Å². The standard InChI is InChI=1S/C16H26N2O2S.ClH/c1-13-7-8-15(14(2)11-13)21(19,20)18-12-16(17)9-5-3-4-6-10-16;/h7-8,11,18H,3-6,9-10,12,17H2,1-2H3;1H. The second-order valence-corrected chi connectivity index (χ2v) is 8.11. The Kier molecular flexibility index (Phi) is 6.86. The lowest BCUT2D eigenvalue weighted by atomic mass is 9.92. The van der Waals surface area contributed by atoms with Crippen LogP contribution in [0.4, 0.5) is 0 Å². The molecule has 4 nitrogen and oxygen atoms in total. The molecular formula is C16H27ClN2O2S. The van der Waals surface area contributed by atoms with Crippen LogP contribution in [0.5, 0.6) is 0 Å². The molecule has 1 fully saturated rings. The number of aryl methyl sites for hydroxylation is 2. The Morgan fingerprint density at radius 3 is 2.27 bits per heavy atom. The maximum absolute atomic E-state index is 12.5. The summed E-state index contributed by atoms with van der Waals surface area (Å²) in [6.07, 6.45) is 6.35. The van der Waals surface area contributed by atoms with Gasteiger partial charge in [0, 0.05) is 12.1 Å². The van der Waals surface area contributed by atoms with Crippen LogP contribution >= 0.6 is 12.4 Å². The summed E-state index contributed by atoms with van der Waals surface area (Å²) >= 11 is 0. The molecule has 0 amide bonds. The van der Waals surface area contributed by atoms with E-state index in [1.807, 2.05) is 26.0 Å². The molecule has 2 rings (SSSR count). The van der Waals surface area contributed by atoms with Crippen molar-refractivity contribution in [1.29, 1.82) is 0 Å². The molecule has 0 atom stereocenters. The van der Waals surface area contributed by atoms with Gasteiger partial charge in [-0.2, -0.15) is 0 Å². The molecule has 0 radical (unpaired) electrons. The smallest absolute Gasteiger partial charge is 0.240 e. The molecular weight excluding hydrogens is 320 g/mol. The maximum Gasteiger partial charge on any atom is 0.240 e. The summed E-state index contributed by atoms with van der Waals surface area (Å²) in [5, 5.41) is 0. The number of hydrogen-bond acceptors (Lipinski definition) is 3. The Labute approximate surface area is 140 Å². The van der Waals surface area contributed by atoms with E-state index < -0.39 is 15.6 Å². The first kappa shape index (κ1) is 19.4. The molecule has 1 aromatic carbocycles. The van der Waals surface area contributed by atoms with E-state index in [0.29, 0.717) is 11.4 Å². The molecule has 0 unspecified atom stereocenters. The Bertz CT molecular complexity index is 594. The first-order valence-electron chi connectivity index (χ1n) is 7.68. The molecule has 0 spiro atoms. The van der Waals surface area contributed by atoms with Gasteiger partial charge in [0.1, 0.15) is 0 Å². The van der Waals surface area contributed by atoms with Crippen molar-refractivity contribution in [2.45, 2.75) is 62.8 Å². The fourth-order valence-electron chi connectivity index (χ4n) is 3.03. The largest absolute Gasteiger partial charge is 0.324 e. The summed E-state index contributed by atoms with van der Waals surface area (Å²) in [4.78, 5) is 0.352. The second kappa shape index (κ2) is 7.77. The van der Waals surface area contributed by atoms with Crippen LogP contribution in [-0.2, 0) is 10.0 Å². The molecule has 3 N–H and O–H groups in total. The van der Waals surface area contributed by atoms with Gasteiger partial charge in [0.15, 0.2) is 0 Å². The third-order valence-electron chi connectivity index (χ3n) is 4.33. The molecule has 0 bridgehead atoms. The Hall–Kier alpha value is -0.620. The van der Waals surface area contributed by atoms with Gasteiger partial charge in [0.2, 0.25) is 10.0 Å². The van der Waals surface area contributed by atoms with Gasteiger partial charge in [-0.05, 0) is 38.3 Å². The first-order valence-corrected chi connectivity index (χ1v) is 9.17. The number of rotatable bonds is 4. The van der Waals surface area contributed by atoms with Crippen LogP contribution in [0.2, 0.25) is 0 Å². The van der Waals surface area contributed by atoms with E-state index in [1.54, 1.807) is 6.07 Å². The average molecular weight is 347 g/mol. The van der Waals surface area contributed by atoms with E-state index in [0.717, 1.165) is 36.8 Å². The molecule has 1 aliphatic rings. The monoisotopic (exact) mass is 346 g/mol. The SMILES string of the molecule is Cc1ccc(S(=O)(=O)NCC2(N)CCCCCC2)c(C)c1.Cl. The lowest BCUT2D eigenvalue weighted by molar-refractivity contribution is 0.369. The van der Waals surface area contributed by atoms with Gasteiger partial charge in [0.05, 0.1) is 4.90 Å². The topological polar surface area (TPSA) is 72.2 Å². The van der Waals surface area contributed by atoms with Crippen molar-refractivity contribution in [2.75, 3.05) is 6.54 Å². The highest BCUT2D eigenvalue weighted by atomic mass is 35.5. The molecule has 0 heterocycles. The van der Waals surface area contributed by atoms with Crippen LogP contribution in [0.3, 0.4) is 0 Å². The van der Waals surface area contributed by atoms with Gasteiger partial charge in [0.25, 0.3) is 0 Å². The van der Waals surface area contributed by atoms with Crippen molar-refractivity contribution in [1.82, 2.24) is 4.72 Å². The highest BCUT2D eigenvalue weighted by Gasteiger charge is 2.28. The predicted molar refractivity (Wildman–Crippen MR) is 93.0 cm³/mol. The fraction of sp³-hybridized carbons (Fsp3) is 0.625. The minimum absolute atomic E-state index is 0. The van der Waals surface area contributed by atoms with Crippen LogP contribution in [0.25, 0.3) is 0 Å². The molecule has 0 aromatic heterocycles. The van der Waals surface area contributed by atoms with Gasteiger partial charge in [-0.1, -0.05) is 43.4 Å². The van der Waals surface area contributed by atoms with E-state index in [2.05, 4.69) is 4.72 Å². The van der Waals surface area contributed by atoms with Crippen molar-refractivity contribution < 1.29 is 8.42 Å². The van der Waals surface area contributed by atoms with E-state index in [4.69, 9.17) is 5.73 Å². The number of nitrogens with two attached hydrogens (primary N) is 1. The number of hydrogen-bond donors (Lipinski definition) is 2. The number of benzene rings is 1. The van der Waals surface area contributed by atoms with Crippen molar-refractivity contribution in [3.8, 4) is 0 Å². The third-order valence-corrected chi connectivity index (χ3v) is 5.90. The number of nitrogens with one attached hydrogen (secondary N) is 1. The molecule has 126 valence electrons. The predicted octanol–water partition coefficient (Wildman–Crippen LogP) is 3.06. The summed E-state index contributed by atoms with van der Waals surface area (Å²) < 4.78 is 27.7. The molecule has 0 aliphatic heterocycles. The van der Waals surface area contributed by atoms with Crippen LogP contribution in [0, 0.1) is 13.8 Å². The summed E-state index contributed by atoms with van der Waals surface area (Å²) in [5.41, 5.74) is 7.81. The fourth-order valence-corrected chi connectivity index (χ4v) is 4.39. The van der Waals surface area contributed by atoms with Crippen molar-refractivity contribution >= 4 is 22.4 Å². The molecule has 1 saturated carbocycles. The summed E-state index contributed by atoms with van der Waals surface area (Å²) in [6.45, 7) is 4.10. The van der Waals surface area contributed by atoms with Crippen LogP contribution in [-0.4, -0.2) is 20.5 Å². The maximum atomic E-state index is 12.5. The summed E-state index contributed by atoms with van der Waals surface area (Å²) in [6, 6.07) is 5.38. The van der Waals surface area contributed by atoms with Crippen LogP contribution < -0.4 is 10.5 Å². The van der Waals surface area contributed by atoms with Crippen molar-refractivity contribution in [3.63, 3.8) is 0 Å². The zero-order chi connectivity index (χ0) is 15.5. The minimum Gasteiger partial charge on any atom is -0.324 e. The Morgan fingerprint density at radius 1 is 1.14 bits per heavy atom. The third kappa shape index (κ3) is 4.95. The normalized spacial score (nSPS) is 18.3. The minimum atomic E-state index is -3.49. The molecule has 1 aliphatic carbocycles. The molecule has 0 saturated heterocycles. The molecule has 6 heteroatoms. The van der Waals surface area contributed by atoms with Gasteiger partial charge in [-0.25, -0.2) is 13.1 Å². The zero-order valence-corrected chi connectivity index (χ0v) is 15.0. The highest BCUT2D eigenvalue weighted by molar-refractivity contribution is 7.89. The van der Waals surface area contributed by atoms with Gasteiger partial charge in [-0.15, -0.1) is 12.4 Å². The van der Waals surface area contributed by atoms with Crippen LogP contribution in [0.1, 0.15) is 49.7 Å². The summed E-state index contributed by atoms with van der Waals surface area (Å²) in [7, 11) is -3.49. The Balaban J connectivity index is 0.00000242. The zero-order valence-electron chi connectivity index (χ0n) is 13.4. The van der Waals surface area contributed by atoms with Crippen molar-refractivity contribution in [3.05, 3.63) is 29.3 Å². The van der Waals surface area contributed by atoms with Gasteiger partial charge in [-0.3, -0.25) is 0 Å². The van der Waals surface area contributed by atoms with E-state index >= 15 is 0 Å². The lowest BCUT2D eigenvalue weighted by Crippen LogP contribution is -2.49. The second-order valence-electron chi connectivity index (χ2n) is 6.37. The van der Waals surface area contributed by atoms with Gasteiger partial charge >= 0.3 is 0 Å². The average Bonchev–Trinajstić information content (AvgIpc) is 2.62. The summed E-state index contributed by atoms with van der Waals surface area (Å²) in [5.74, 6) is 0. The quantitative estimate of drug-likeness (QED) is 0.823. The van der Waals surface area contributed by atoms with E-state index in [-0.39, 0.29) is 12.4 Å². The van der Waals surface area contributed by atoms with Crippen molar-refractivity contribution in [2.24, 2.45) is 5.73 Å². The highest BCUT2D eigenvalue weighted by Crippen LogP contribution is 2.25. The Morgan fingerprint density at radius 2 is 1.73 bits per heavy atom.